The van der Waals surface area contributed by atoms with Gasteiger partial charge in [0.2, 0.25) is 0 Å². The van der Waals surface area contributed by atoms with E-state index in [0.717, 1.165) is 0 Å². The summed E-state index contributed by atoms with van der Waals surface area (Å²) >= 11 is 17.5. The Labute approximate surface area is 143 Å². The smallest absolute Gasteiger partial charge is 0.433 e. The first kappa shape index (κ1) is 17.8. The van der Waals surface area contributed by atoms with Gasteiger partial charge in [-0.2, -0.15) is 13.2 Å². The van der Waals surface area contributed by atoms with Crippen LogP contribution in [-0.4, -0.2) is 16.1 Å². The molecule has 0 amide bonds. The molecule has 0 spiro atoms. The van der Waals surface area contributed by atoms with Crippen molar-refractivity contribution in [3.05, 3.63) is 50.6 Å². The molecule has 0 radical (unpaired) electrons. The molecule has 3 nitrogen and oxygen atoms in total. The average Bonchev–Trinajstić information content (AvgIpc) is 2.42. The number of halogens is 6. The van der Waals surface area contributed by atoms with Crippen molar-refractivity contribution in [3.8, 4) is 11.3 Å². The Balaban J connectivity index is 2.63. The highest BCUT2D eigenvalue weighted by atomic mass is 35.5. The molecule has 1 N–H and O–H groups in total. The van der Waals surface area contributed by atoms with Gasteiger partial charge in [0.1, 0.15) is 5.69 Å². The summed E-state index contributed by atoms with van der Waals surface area (Å²) < 4.78 is 38.8. The molecule has 1 aromatic heterocycles. The summed E-state index contributed by atoms with van der Waals surface area (Å²) in [5, 5.41) is 8.95. The molecule has 0 aliphatic carbocycles. The molecule has 122 valence electrons. The number of carboxylic acid groups (broad SMARTS) is 1. The van der Waals surface area contributed by atoms with E-state index in [2.05, 4.69) is 4.98 Å². The lowest BCUT2D eigenvalue weighted by Gasteiger charge is -2.12. The van der Waals surface area contributed by atoms with E-state index in [1.165, 1.54) is 18.2 Å². The monoisotopic (exact) mass is 383 g/mol. The fraction of sp³-hybridized carbons (Fsp3) is 0.143. The fourth-order valence-corrected chi connectivity index (χ4v) is 2.46. The van der Waals surface area contributed by atoms with Gasteiger partial charge in [0.25, 0.3) is 0 Å². The third-order valence-electron chi connectivity index (χ3n) is 2.81. The van der Waals surface area contributed by atoms with Crippen molar-refractivity contribution in [2.45, 2.75) is 12.6 Å². The van der Waals surface area contributed by atoms with Gasteiger partial charge in [-0.25, -0.2) is 4.98 Å². The van der Waals surface area contributed by atoms with Crippen LogP contribution in [0.1, 0.15) is 11.3 Å². The van der Waals surface area contributed by atoms with Crippen molar-refractivity contribution in [1.29, 1.82) is 0 Å². The minimum atomic E-state index is -4.72. The van der Waals surface area contributed by atoms with E-state index in [1.807, 2.05) is 0 Å². The van der Waals surface area contributed by atoms with Crippen molar-refractivity contribution >= 4 is 40.8 Å². The quantitative estimate of drug-likeness (QED) is 0.725. The molecular weight excluding hydrogens is 378 g/mol. The largest absolute Gasteiger partial charge is 0.481 e. The molecule has 0 bridgehead atoms. The van der Waals surface area contributed by atoms with Crippen LogP contribution in [0.25, 0.3) is 11.3 Å². The fourth-order valence-electron chi connectivity index (χ4n) is 1.86. The highest BCUT2D eigenvalue weighted by molar-refractivity contribution is 6.48. The Morgan fingerprint density at radius 1 is 1.09 bits per heavy atom. The molecule has 0 atom stereocenters. The van der Waals surface area contributed by atoms with Crippen molar-refractivity contribution in [2.75, 3.05) is 0 Å². The average molecular weight is 385 g/mol. The van der Waals surface area contributed by atoms with Crippen molar-refractivity contribution < 1.29 is 23.1 Å². The number of pyridine rings is 1. The van der Waals surface area contributed by atoms with E-state index in [-0.39, 0.29) is 31.9 Å². The molecule has 0 saturated carbocycles. The van der Waals surface area contributed by atoms with Crippen molar-refractivity contribution in [2.24, 2.45) is 0 Å². The highest BCUT2D eigenvalue weighted by Gasteiger charge is 2.33. The minimum Gasteiger partial charge on any atom is -0.481 e. The Kier molecular flexibility index (Phi) is 5.08. The van der Waals surface area contributed by atoms with Gasteiger partial charge >= 0.3 is 12.1 Å². The minimum absolute atomic E-state index is 0.0444. The zero-order chi connectivity index (χ0) is 17.4. The van der Waals surface area contributed by atoms with Crippen molar-refractivity contribution in [1.82, 2.24) is 4.98 Å². The predicted octanol–water partition coefficient (Wildman–Crippen LogP) is 5.35. The van der Waals surface area contributed by atoms with E-state index in [0.29, 0.717) is 6.07 Å². The van der Waals surface area contributed by atoms with E-state index in [4.69, 9.17) is 39.9 Å². The van der Waals surface area contributed by atoms with Gasteiger partial charge in [0.05, 0.1) is 27.2 Å². The molecular formula is C14H7Cl3F3NO2. The lowest BCUT2D eigenvalue weighted by molar-refractivity contribution is -0.141. The first-order chi connectivity index (χ1) is 10.6. The number of aliphatic carboxylic acids is 1. The molecule has 0 saturated heterocycles. The van der Waals surface area contributed by atoms with Gasteiger partial charge in [-0.15, -0.1) is 0 Å². The lowest BCUT2D eigenvalue weighted by atomic mass is 10.1. The molecule has 0 aliphatic rings. The molecule has 0 aliphatic heterocycles. The topological polar surface area (TPSA) is 50.2 Å². The van der Waals surface area contributed by atoms with E-state index < -0.39 is 24.3 Å². The highest BCUT2D eigenvalue weighted by Crippen LogP contribution is 2.36. The molecule has 2 rings (SSSR count). The summed E-state index contributed by atoms with van der Waals surface area (Å²) in [4.78, 5) is 14.3. The Morgan fingerprint density at radius 2 is 1.65 bits per heavy atom. The van der Waals surface area contributed by atoms with Crippen LogP contribution in [0.5, 0.6) is 0 Å². The number of carboxylic acids is 1. The number of nitrogens with zero attached hydrogens (tertiary/aromatic N) is 1. The first-order valence-electron chi connectivity index (χ1n) is 6.03. The third kappa shape index (κ3) is 4.28. The second-order valence-corrected chi connectivity index (χ2v) is 5.76. The summed E-state index contributed by atoms with van der Waals surface area (Å²) in [5.74, 6) is -1.26. The van der Waals surface area contributed by atoms with Crippen LogP contribution < -0.4 is 0 Å². The van der Waals surface area contributed by atoms with Gasteiger partial charge in [0.15, 0.2) is 0 Å². The maximum absolute atomic E-state index is 12.9. The lowest BCUT2D eigenvalue weighted by Crippen LogP contribution is -2.11. The number of carbonyl (C=O) groups is 1. The number of benzene rings is 1. The molecule has 0 fully saturated rings. The van der Waals surface area contributed by atoms with Gasteiger partial charge in [-0.3, -0.25) is 4.79 Å². The van der Waals surface area contributed by atoms with Crippen LogP contribution in [0.15, 0.2) is 24.3 Å². The van der Waals surface area contributed by atoms with E-state index in [9.17, 15) is 18.0 Å². The zero-order valence-corrected chi connectivity index (χ0v) is 13.4. The van der Waals surface area contributed by atoms with Gasteiger partial charge in [-0.1, -0.05) is 34.8 Å². The zero-order valence-electron chi connectivity index (χ0n) is 11.1. The van der Waals surface area contributed by atoms with Crippen LogP contribution in [0, 0.1) is 0 Å². The summed E-state index contributed by atoms with van der Waals surface area (Å²) in [6, 6.07) is 4.54. The Bertz CT molecular complexity index is 755. The van der Waals surface area contributed by atoms with E-state index in [1.54, 1.807) is 0 Å². The number of hydrogen-bond acceptors (Lipinski definition) is 2. The summed E-state index contributed by atoms with van der Waals surface area (Å²) in [6.45, 7) is 0. The second kappa shape index (κ2) is 6.55. The maximum Gasteiger partial charge on any atom is 0.433 e. The van der Waals surface area contributed by atoms with Crippen LogP contribution in [0.3, 0.4) is 0 Å². The third-order valence-corrected chi connectivity index (χ3v) is 4.01. The van der Waals surface area contributed by atoms with E-state index >= 15 is 0 Å². The Morgan fingerprint density at radius 3 is 2.13 bits per heavy atom. The Hall–Kier alpha value is -1.50. The molecule has 1 heterocycles. The summed E-state index contributed by atoms with van der Waals surface area (Å²) in [6.07, 6.45) is -5.29. The second-order valence-electron chi connectivity index (χ2n) is 4.57. The van der Waals surface area contributed by atoms with Crippen molar-refractivity contribution in [3.63, 3.8) is 0 Å². The number of alkyl halides is 3. The number of rotatable bonds is 3. The normalized spacial score (nSPS) is 11.6. The summed E-state index contributed by atoms with van der Waals surface area (Å²) in [5.41, 5.74) is -1.15. The van der Waals surface area contributed by atoms with Crippen LogP contribution in [-0.2, 0) is 17.4 Å². The van der Waals surface area contributed by atoms with Gasteiger partial charge in [0, 0.05) is 5.56 Å². The van der Waals surface area contributed by atoms with Gasteiger partial charge < -0.3 is 5.11 Å². The summed E-state index contributed by atoms with van der Waals surface area (Å²) in [7, 11) is 0. The van der Waals surface area contributed by atoms with Crippen LogP contribution in [0.4, 0.5) is 13.2 Å². The maximum atomic E-state index is 12.9. The standard InChI is InChI=1S/C14H7Cl3F3NO2/c15-8-4-7(5-9(16)13(8)17)10-1-6(3-12(22)23)2-11(21-10)14(18,19)20/h1-2,4-5H,3H2,(H,22,23). The van der Waals surface area contributed by atoms with Crippen LogP contribution in [0.2, 0.25) is 15.1 Å². The first-order valence-corrected chi connectivity index (χ1v) is 7.16. The number of aromatic nitrogens is 1. The number of hydrogen-bond donors (Lipinski definition) is 1. The SMILES string of the molecule is O=C(O)Cc1cc(-c2cc(Cl)c(Cl)c(Cl)c2)nc(C(F)(F)F)c1. The van der Waals surface area contributed by atoms with Crippen LogP contribution >= 0.6 is 34.8 Å². The molecule has 23 heavy (non-hydrogen) atoms. The predicted molar refractivity (Wildman–Crippen MR) is 81.0 cm³/mol. The molecule has 0 unspecified atom stereocenters. The molecule has 1 aromatic carbocycles. The van der Waals surface area contributed by atoms with Gasteiger partial charge in [-0.05, 0) is 29.8 Å². The molecule has 2 aromatic rings. The molecule has 9 heteroatoms.